The summed E-state index contributed by atoms with van der Waals surface area (Å²) >= 11 is 3.23. The molecule has 0 spiro atoms. The third-order valence-corrected chi connectivity index (χ3v) is 3.66. The van der Waals surface area contributed by atoms with Crippen LogP contribution in [0.25, 0.3) is 0 Å². The molecule has 1 heterocycles. The first kappa shape index (κ1) is 10.7. The lowest BCUT2D eigenvalue weighted by Crippen LogP contribution is -2.35. The first-order valence-corrected chi connectivity index (χ1v) is 5.99. The van der Waals surface area contributed by atoms with Crippen molar-refractivity contribution in [3.8, 4) is 0 Å². The van der Waals surface area contributed by atoms with Crippen LogP contribution in [-0.4, -0.2) is 23.9 Å². The molecule has 82 valence electrons. The third kappa shape index (κ3) is 2.09. The van der Waals surface area contributed by atoms with Gasteiger partial charge in [-0.25, -0.2) is 0 Å². The summed E-state index contributed by atoms with van der Waals surface area (Å²) in [5.41, 5.74) is 0.615. The Balaban J connectivity index is 2.10. The van der Waals surface area contributed by atoms with Crippen molar-refractivity contribution in [2.24, 2.45) is 0 Å². The number of furan rings is 1. The van der Waals surface area contributed by atoms with Gasteiger partial charge in [-0.3, -0.25) is 4.79 Å². The number of rotatable bonds is 2. The van der Waals surface area contributed by atoms with Crippen LogP contribution >= 0.6 is 15.9 Å². The molecule has 0 unspecified atom stereocenters. The van der Waals surface area contributed by atoms with Crippen LogP contribution in [0.15, 0.2) is 21.4 Å². The molecular weight excluding hydrogens is 258 g/mol. The zero-order chi connectivity index (χ0) is 10.8. The van der Waals surface area contributed by atoms with E-state index >= 15 is 0 Å². The van der Waals surface area contributed by atoms with Gasteiger partial charge in [0, 0.05) is 13.1 Å². The minimum Gasteiger partial charge on any atom is -0.457 e. The Labute approximate surface area is 97.6 Å². The summed E-state index contributed by atoms with van der Waals surface area (Å²) in [6.07, 6.45) is 6.24. The summed E-state index contributed by atoms with van der Waals surface area (Å²) in [5.74, 6) is 0.0440. The lowest BCUT2D eigenvalue weighted by molar-refractivity contribution is 0.0733. The molecule has 2 rings (SSSR count). The highest BCUT2D eigenvalue weighted by Gasteiger charge is 2.25. The van der Waals surface area contributed by atoms with Crippen molar-refractivity contribution >= 4 is 21.8 Å². The standard InChI is InChI=1S/C11H14BrNO2/c1-13(8-4-2-3-5-8)11(14)9-6-7-15-10(9)12/h6-8H,2-5H2,1H3. The molecule has 3 nitrogen and oxygen atoms in total. The van der Waals surface area contributed by atoms with Crippen LogP contribution in [0, 0.1) is 0 Å². The molecule has 1 fully saturated rings. The lowest BCUT2D eigenvalue weighted by atomic mass is 10.2. The van der Waals surface area contributed by atoms with E-state index in [-0.39, 0.29) is 5.91 Å². The average molecular weight is 272 g/mol. The van der Waals surface area contributed by atoms with Crippen LogP contribution in [-0.2, 0) is 0 Å². The predicted octanol–water partition coefficient (Wildman–Crippen LogP) is 3.06. The second-order valence-corrected chi connectivity index (χ2v) is 4.68. The molecule has 0 bridgehead atoms. The summed E-state index contributed by atoms with van der Waals surface area (Å²) in [6, 6.07) is 2.11. The Morgan fingerprint density at radius 1 is 1.53 bits per heavy atom. The van der Waals surface area contributed by atoms with Crippen LogP contribution in [0.4, 0.5) is 0 Å². The van der Waals surface area contributed by atoms with Crippen LogP contribution in [0.5, 0.6) is 0 Å². The van der Waals surface area contributed by atoms with Crippen molar-refractivity contribution in [3.63, 3.8) is 0 Å². The molecule has 1 aliphatic carbocycles. The van der Waals surface area contributed by atoms with Gasteiger partial charge in [0.25, 0.3) is 5.91 Å². The third-order valence-electron chi connectivity index (χ3n) is 3.04. The fourth-order valence-corrected chi connectivity index (χ4v) is 2.50. The van der Waals surface area contributed by atoms with E-state index in [4.69, 9.17) is 4.42 Å². The van der Waals surface area contributed by atoms with Crippen LogP contribution < -0.4 is 0 Å². The van der Waals surface area contributed by atoms with E-state index in [1.807, 2.05) is 11.9 Å². The number of carbonyl (C=O) groups excluding carboxylic acids is 1. The van der Waals surface area contributed by atoms with E-state index in [1.165, 1.54) is 19.1 Å². The van der Waals surface area contributed by atoms with E-state index in [2.05, 4.69) is 15.9 Å². The normalized spacial score (nSPS) is 16.9. The van der Waals surface area contributed by atoms with E-state index in [1.54, 1.807) is 6.07 Å². The first-order chi connectivity index (χ1) is 7.20. The van der Waals surface area contributed by atoms with Gasteiger partial charge in [0.2, 0.25) is 0 Å². The van der Waals surface area contributed by atoms with E-state index in [9.17, 15) is 4.79 Å². The van der Waals surface area contributed by atoms with Gasteiger partial charge < -0.3 is 9.32 Å². The Morgan fingerprint density at radius 2 is 2.20 bits per heavy atom. The molecule has 1 aromatic heterocycles. The molecule has 0 N–H and O–H groups in total. The highest BCUT2D eigenvalue weighted by molar-refractivity contribution is 9.10. The van der Waals surface area contributed by atoms with Crippen molar-refractivity contribution in [2.75, 3.05) is 7.05 Å². The van der Waals surface area contributed by atoms with Gasteiger partial charge in [-0.05, 0) is 34.8 Å². The maximum Gasteiger partial charge on any atom is 0.258 e. The van der Waals surface area contributed by atoms with Gasteiger partial charge in [0.1, 0.15) is 0 Å². The minimum atomic E-state index is 0.0440. The van der Waals surface area contributed by atoms with Gasteiger partial charge in [-0.1, -0.05) is 12.8 Å². The molecule has 0 atom stereocenters. The van der Waals surface area contributed by atoms with Gasteiger partial charge in [0.15, 0.2) is 4.67 Å². The first-order valence-electron chi connectivity index (χ1n) is 5.20. The van der Waals surface area contributed by atoms with Crippen molar-refractivity contribution in [1.82, 2.24) is 4.90 Å². The molecular formula is C11H14BrNO2. The van der Waals surface area contributed by atoms with Crippen molar-refractivity contribution in [2.45, 2.75) is 31.7 Å². The quantitative estimate of drug-likeness (QED) is 0.829. The largest absolute Gasteiger partial charge is 0.457 e. The summed E-state index contributed by atoms with van der Waals surface area (Å²) in [6.45, 7) is 0. The van der Waals surface area contributed by atoms with Gasteiger partial charge in [0.05, 0.1) is 11.8 Å². The average Bonchev–Trinajstić information content (AvgIpc) is 2.85. The molecule has 15 heavy (non-hydrogen) atoms. The van der Waals surface area contributed by atoms with Crippen molar-refractivity contribution in [1.29, 1.82) is 0 Å². The fourth-order valence-electron chi connectivity index (χ4n) is 2.09. The number of hydrogen-bond acceptors (Lipinski definition) is 2. The second-order valence-electron chi connectivity index (χ2n) is 3.96. The van der Waals surface area contributed by atoms with E-state index < -0.39 is 0 Å². The molecule has 0 aromatic carbocycles. The molecule has 1 saturated carbocycles. The van der Waals surface area contributed by atoms with Gasteiger partial charge >= 0.3 is 0 Å². The molecule has 0 radical (unpaired) electrons. The molecule has 1 amide bonds. The monoisotopic (exact) mass is 271 g/mol. The minimum absolute atomic E-state index is 0.0440. The Bertz CT molecular complexity index is 355. The highest BCUT2D eigenvalue weighted by atomic mass is 79.9. The van der Waals surface area contributed by atoms with Crippen LogP contribution in [0.2, 0.25) is 0 Å². The Hall–Kier alpha value is -0.770. The lowest BCUT2D eigenvalue weighted by Gasteiger charge is -2.23. The molecule has 4 heteroatoms. The predicted molar refractivity (Wildman–Crippen MR) is 60.8 cm³/mol. The van der Waals surface area contributed by atoms with Gasteiger partial charge in [-0.15, -0.1) is 0 Å². The topological polar surface area (TPSA) is 33.5 Å². The SMILES string of the molecule is CN(C(=O)c1ccoc1Br)C1CCCC1. The van der Waals surface area contributed by atoms with Crippen LogP contribution in [0.3, 0.4) is 0 Å². The van der Waals surface area contributed by atoms with E-state index in [0.717, 1.165) is 12.8 Å². The Kier molecular flexibility index (Phi) is 3.14. The second kappa shape index (κ2) is 4.39. The summed E-state index contributed by atoms with van der Waals surface area (Å²) in [4.78, 5) is 13.9. The summed E-state index contributed by atoms with van der Waals surface area (Å²) < 4.78 is 5.59. The van der Waals surface area contributed by atoms with E-state index in [0.29, 0.717) is 16.3 Å². The molecule has 1 aromatic rings. The maximum atomic E-state index is 12.0. The zero-order valence-electron chi connectivity index (χ0n) is 8.70. The zero-order valence-corrected chi connectivity index (χ0v) is 10.3. The van der Waals surface area contributed by atoms with Crippen LogP contribution in [0.1, 0.15) is 36.0 Å². The number of hydrogen-bond donors (Lipinski definition) is 0. The number of carbonyl (C=O) groups is 1. The van der Waals surface area contributed by atoms with Crippen molar-refractivity contribution < 1.29 is 9.21 Å². The number of nitrogens with zero attached hydrogens (tertiary/aromatic N) is 1. The number of halogens is 1. The molecule has 0 aliphatic heterocycles. The molecule has 1 aliphatic rings. The van der Waals surface area contributed by atoms with Gasteiger partial charge in [-0.2, -0.15) is 0 Å². The maximum absolute atomic E-state index is 12.0. The highest BCUT2D eigenvalue weighted by Crippen LogP contribution is 2.26. The number of amides is 1. The smallest absolute Gasteiger partial charge is 0.258 e. The summed E-state index contributed by atoms with van der Waals surface area (Å²) in [7, 11) is 1.87. The Morgan fingerprint density at radius 3 is 2.73 bits per heavy atom. The summed E-state index contributed by atoms with van der Waals surface area (Å²) in [5, 5.41) is 0. The fraction of sp³-hybridized carbons (Fsp3) is 0.545. The van der Waals surface area contributed by atoms with Crippen molar-refractivity contribution in [3.05, 3.63) is 22.6 Å². The molecule has 0 saturated heterocycles.